The fraction of sp³-hybridized carbons (Fsp3) is 0.714. The number of benzene rings is 1. The van der Waals surface area contributed by atoms with Gasteiger partial charge in [-0.1, -0.05) is 78.4 Å². The molecule has 0 saturated carbocycles. The highest BCUT2D eigenvalue weighted by atomic mass is 16.6. The van der Waals surface area contributed by atoms with Crippen molar-refractivity contribution in [2.75, 3.05) is 27.4 Å². The Bertz CT molecular complexity index is 685. The second-order valence-electron chi connectivity index (χ2n) is 9.00. The van der Waals surface area contributed by atoms with E-state index in [1.165, 1.54) is 0 Å². The van der Waals surface area contributed by atoms with E-state index in [2.05, 4.69) is 27.7 Å². The first-order chi connectivity index (χ1) is 16.4. The summed E-state index contributed by atoms with van der Waals surface area (Å²) in [7, 11) is 3.11. The fourth-order valence-corrected chi connectivity index (χ4v) is 3.99. The molecule has 0 aromatic heterocycles. The molecule has 2 atom stereocenters. The molecule has 34 heavy (non-hydrogen) atoms. The predicted octanol–water partition coefficient (Wildman–Crippen LogP) is 6.38. The highest BCUT2D eigenvalue weighted by Crippen LogP contribution is 2.33. The third kappa shape index (κ3) is 9.94. The lowest BCUT2D eigenvalue weighted by Gasteiger charge is -2.21. The molecule has 0 aliphatic rings. The summed E-state index contributed by atoms with van der Waals surface area (Å²) < 4.78 is 22.2. The number of methoxy groups -OCH3 is 2. The Morgan fingerprint density at radius 3 is 1.74 bits per heavy atom. The van der Waals surface area contributed by atoms with Crippen molar-refractivity contribution in [3.63, 3.8) is 0 Å². The SMILES string of the molecule is CCCCC(CC)COC(=O)C(Cc1cccc(OC)c1OC)C(=O)OCC(CC)CCCC. The lowest BCUT2D eigenvalue weighted by Crippen LogP contribution is -2.32. The molecule has 194 valence electrons. The normalized spacial score (nSPS) is 13.6. The van der Waals surface area contributed by atoms with Gasteiger partial charge in [0.25, 0.3) is 0 Å². The summed E-state index contributed by atoms with van der Waals surface area (Å²) in [5.74, 6) is -0.460. The van der Waals surface area contributed by atoms with Gasteiger partial charge in [-0.3, -0.25) is 9.59 Å². The minimum atomic E-state index is -1.05. The van der Waals surface area contributed by atoms with Gasteiger partial charge >= 0.3 is 11.9 Å². The van der Waals surface area contributed by atoms with E-state index in [1.807, 2.05) is 12.1 Å². The maximum Gasteiger partial charge on any atom is 0.320 e. The summed E-state index contributed by atoms with van der Waals surface area (Å²) in [6, 6.07) is 5.44. The summed E-state index contributed by atoms with van der Waals surface area (Å²) in [6.45, 7) is 9.14. The van der Waals surface area contributed by atoms with Crippen LogP contribution in [0.3, 0.4) is 0 Å². The van der Waals surface area contributed by atoms with Crippen molar-refractivity contribution in [1.29, 1.82) is 0 Å². The Balaban J connectivity index is 3.02. The Morgan fingerprint density at radius 1 is 0.794 bits per heavy atom. The number of carbonyl (C=O) groups excluding carboxylic acids is 2. The predicted molar refractivity (Wildman–Crippen MR) is 135 cm³/mol. The summed E-state index contributed by atoms with van der Waals surface area (Å²) >= 11 is 0. The van der Waals surface area contributed by atoms with Crippen LogP contribution in [0.1, 0.15) is 84.6 Å². The zero-order chi connectivity index (χ0) is 25.3. The van der Waals surface area contributed by atoms with Crippen LogP contribution in [0.25, 0.3) is 0 Å². The molecule has 0 radical (unpaired) electrons. The van der Waals surface area contributed by atoms with E-state index >= 15 is 0 Å². The molecular weight excluding hydrogens is 432 g/mol. The maximum absolute atomic E-state index is 13.1. The third-order valence-corrected chi connectivity index (χ3v) is 6.49. The van der Waals surface area contributed by atoms with E-state index in [9.17, 15) is 9.59 Å². The van der Waals surface area contributed by atoms with Crippen molar-refractivity contribution in [3.8, 4) is 11.5 Å². The molecule has 0 spiro atoms. The van der Waals surface area contributed by atoms with Crippen molar-refractivity contribution in [2.24, 2.45) is 17.8 Å². The van der Waals surface area contributed by atoms with Crippen LogP contribution in [0.15, 0.2) is 18.2 Å². The van der Waals surface area contributed by atoms with Gasteiger partial charge in [0, 0.05) is 6.42 Å². The zero-order valence-electron chi connectivity index (χ0n) is 22.2. The highest BCUT2D eigenvalue weighted by Gasteiger charge is 2.32. The highest BCUT2D eigenvalue weighted by molar-refractivity contribution is 5.95. The van der Waals surface area contributed by atoms with E-state index in [0.29, 0.717) is 42.1 Å². The van der Waals surface area contributed by atoms with Crippen LogP contribution in [-0.2, 0) is 25.5 Å². The standard InChI is InChI=1S/C28H46O6/c1-7-11-14-21(9-3)19-33-27(29)24(28(30)34-20-22(10-4)15-12-8-2)18-23-16-13-17-25(31-5)26(23)32-6/h13,16-17,21-22,24H,7-12,14-15,18-20H2,1-6H3. The van der Waals surface area contributed by atoms with Gasteiger partial charge in [-0.15, -0.1) is 0 Å². The zero-order valence-corrected chi connectivity index (χ0v) is 22.2. The molecule has 0 fully saturated rings. The van der Waals surface area contributed by atoms with Crippen LogP contribution < -0.4 is 9.47 Å². The van der Waals surface area contributed by atoms with Gasteiger partial charge < -0.3 is 18.9 Å². The topological polar surface area (TPSA) is 71.1 Å². The maximum atomic E-state index is 13.1. The molecule has 6 heteroatoms. The first-order valence-corrected chi connectivity index (χ1v) is 13.0. The van der Waals surface area contributed by atoms with Crippen molar-refractivity contribution < 1.29 is 28.5 Å². The molecule has 0 N–H and O–H groups in total. The number of esters is 2. The van der Waals surface area contributed by atoms with E-state index in [4.69, 9.17) is 18.9 Å². The summed E-state index contributed by atoms with van der Waals surface area (Å²) in [5.41, 5.74) is 0.705. The lowest BCUT2D eigenvalue weighted by atomic mass is 9.97. The van der Waals surface area contributed by atoms with Gasteiger partial charge in [0.1, 0.15) is 0 Å². The van der Waals surface area contributed by atoms with Gasteiger partial charge in [0.05, 0.1) is 27.4 Å². The summed E-state index contributed by atoms with van der Waals surface area (Å²) in [6.07, 6.45) is 8.41. The number of para-hydroxylation sites is 1. The van der Waals surface area contributed by atoms with Crippen LogP contribution >= 0.6 is 0 Å². The van der Waals surface area contributed by atoms with Crippen LogP contribution in [0, 0.1) is 17.8 Å². The number of hydrogen-bond acceptors (Lipinski definition) is 6. The molecule has 1 aromatic carbocycles. The molecule has 0 heterocycles. The molecule has 6 nitrogen and oxygen atoms in total. The van der Waals surface area contributed by atoms with Gasteiger partial charge in [0.15, 0.2) is 17.4 Å². The second kappa shape index (κ2) is 17.2. The lowest BCUT2D eigenvalue weighted by molar-refractivity contribution is -0.163. The molecule has 0 amide bonds. The van der Waals surface area contributed by atoms with Crippen LogP contribution in [-0.4, -0.2) is 39.4 Å². The average molecular weight is 479 g/mol. The smallest absolute Gasteiger partial charge is 0.320 e. The first-order valence-electron chi connectivity index (χ1n) is 13.0. The van der Waals surface area contributed by atoms with E-state index in [0.717, 1.165) is 51.4 Å². The number of rotatable bonds is 18. The average Bonchev–Trinajstić information content (AvgIpc) is 2.86. The van der Waals surface area contributed by atoms with E-state index in [-0.39, 0.29) is 6.42 Å². The Labute approximate surface area is 206 Å². The van der Waals surface area contributed by atoms with Gasteiger partial charge in [-0.05, 0) is 36.3 Å². The summed E-state index contributed by atoms with van der Waals surface area (Å²) in [4.78, 5) is 26.3. The molecule has 0 saturated heterocycles. The molecular formula is C28H46O6. The largest absolute Gasteiger partial charge is 0.493 e. The fourth-order valence-electron chi connectivity index (χ4n) is 3.99. The molecule has 0 bridgehead atoms. The second-order valence-corrected chi connectivity index (χ2v) is 9.00. The minimum absolute atomic E-state index is 0.134. The Hall–Kier alpha value is -2.24. The van der Waals surface area contributed by atoms with E-state index < -0.39 is 17.9 Å². The van der Waals surface area contributed by atoms with Gasteiger partial charge in [-0.25, -0.2) is 0 Å². The number of unbranched alkanes of at least 4 members (excludes halogenated alkanes) is 2. The van der Waals surface area contributed by atoms with Crippen molar-refractivity contribution in [3.05, 3.63) is 23.8 Å². The monoisotopic (exact) mass is 478 g/mol. The number of ether oxygens (including phenoxy) is 4. The Morgan fingerprint density at radius 2 is 1.32 bits per heavy atom. The number of carbonyl (C=O) groups is 2. The quantitative estimate of drug-likeness (QED) is 0.180. The first kappa shape index (κ1) is 29.8. The Kier molecular flexibility index (Phi) is 15.1. The molecule has 0 aliphatic carbocycles. The van der Waals surface area contributed by atoms with Crippen LogP contribution in [0.2, 0.25) is 0 Å². The molecule has 1 aromatic rings. The van der Waals surface area contributed by atoms with Crippen molar-refractivity contribution in [2.45, 2.75) is 85.5 Å². The third-order valence-electron chi connectivity index (χ3n) is 6.49. The van der Waals surface area contributed by atoms with Gasteiger partial charge in [0.2, 0.25) is 0 Å². The van der Waals surface area contributed by atoms with Crippen LogP contribution in [0.5, 0.6) is 11.5 Å². The molecule has 1 rings (SSSR count). The summed E-state index contributed by atoms with van der Waals surface area (Å²) in [5, 5.41) is 0. The van der Waals surface area contributed by atoms with Crippen LogP contribution in [0.4, 0.5) is 0 Å². The van der Waals surface area contributed by atoms with Gasteiger partial charge in [-0.2, -0.15) is 0 Å². The number of hydrogen-bond donors (Lipinski definition) is 0. The van der Waals surface area contributed by atoms with E-state index in [1.54, 1.807) is 20.3 Å². The van der Waals surface area contributed by atoms with Crippen molar-refractivity contribution in [1.82, 2.24) is 0 Å². The minimum Gasteiger partial charge on any atom is -0.493 e. The molecule has 0 aliphatic heterocycles. The van der Waals surface area contributed by atoms with Crippen molar-refractivity contribution >= 4 is 11.9 Å². The molecule has 2 unspecified atom stereocenters.